The Kier molecular flexibility index (Phi) is 14.5. The van der Waals surface area contributed by atoms with E-state index in [2.05, 4.69) is 34.1 Å². The number of hydrogen-bond acceptors (Lipinski definition) is 7. The van der Waals surface area contributed by atoms with Gasteiger partial charge in [-0.25, -0.2) is 0 Å². The molecule has 4 aromatic carbocycles. The van der Waals surface area contributed by atoms with Gasteiger partial charge in [0, 0.05) is 51.0 Å². The summed E-state index contributed by atoms with van der Waals surface area (Å²) in [6.07, 6.45) is 3.51. The molecule has 0 spiro atoms. The molecule has 0 N–H and O–H groups in total. The predicted octanol–water partition coefficient (Wildman–Crippen LogP) is 7.08. The Hall–Kier alpha value is -3.95. The van der Waals surface area contributed by atoms with Crippen molar-refractivity contribution >= 4 is 36.4 Å². The highest BCUT2D eigenvalue weighted by atomic mass is 35.5. The first kappa shape index (κ1) is 39.8. The van der Waals surface area contributed by atoms with Crippen LogP contribution >= 0.6 is 24.8 Å². The van der Waals surface area contributed by atoms with Crippen LogP contribution in [0.2, 0.25) is 0 Å². The third-order valence-corrected chi connectivity index (χ3v) is 10.1. The third-order valence-electron chi connectivity index (χ3n) is 10.1. The van der Waals surface area contributed by atoms with Crippen molar-refractivity contribution in [1.82, 2.24) is 9.80 Å². The van der Waals surface area contributed by atoms with Gasteiger partial charge in [-0.3, -0.25) is 4.79 Å². The maximum atomic E-state index is 14.3. The molecule has 10 heteroatoms. The van der Waals surface area contributed by atoms with Crippen LogP contribution in [0.25, 0.3) is 0 Å². The van der Waals surface area contributed by atoms with Crippen molar-refractivity contribution in [2.45, 2.75) is 31.1 Å². The lowest BCUT2D eigenvalue weighted by atomic mass is 9.71. The number of hydrogen-bond donors (Lipinski definition) is 0. The number of carbonyl (C=O) groups is 1. The molecule has 51 heavy (non-hydrogen) atoms. The molecule has 8 nitrogen and oxygen atoms in total. The summed E-state index contributed by atoms with van der Waals surface area (Å²) in [7, 11) is 6.83. The zero-order chi connectivity index (χ0) is 34.2. The van der Waals surface area contributed by atoms with Crippen LogP contribution in [-0.2, 0) is 23.1 Å². The van der Waals surface area contributed by atoms with Crippen molar-refractivity contribution in [2.75, 3.05) is 79.2 Å². The third kappa shape index (κ3) is 8.58. The van der Waals surface area contributed by atoms with E-state index in [0.717, 1.165) is 86.7 Å². The van der Waals surface area contributed by atoms with Crippen molar-refractivity contribution in [3.05, 3.63) is 113 Å². The number of fused-ring (bicyclic) bond motifs is 1. The van der Waals surface area contributed by atoms with Crippen LogP contribution < -0.4 is 23.8 Å². The molecule has 1 saturated heterocycles. The molecular weight excluding hydrogens is 685 g/mol. The number of para-hydroxylation sites is 2. The van der Waals surface area contributed by atoms with Gasteiger partial charge in [0.1, 0.15) is 11.2 Å². The molecule has 274 valence electrons. The second-order valence-electron chi connectivity index (χ2n) is 13.0. The van der Waals surface area contributed by atoms with Crippen molar-refractivity contribution < 1.29 is 23.7 Å². The molecule has 2 aliphatic rings. The minimum Gasteiger partial charge on any atom is -0.493 e. The van der Waals surface area contributed by atoms with Crippen LogP contribution in [0.3, 0.4) is 0 Å². The monoisotopic (exact) mass is 735 g/mol. The highest BCUT2D eigenvalue weighted by Crippen LogP contribution is 2.50. The Morgan fingerprint density at radius 1 is 0.647 bits per heavy atom. The molecule has 2 aliphatic heterocycles. The molecule has 1 fully saturated rings. The molecular formula is C41H51Cl2N3O5. The van der Waals surface area contributed by atoms with Gasteiger partial charge in [-0.05, 0) is 73.2 Å². The summed E-state index contributed by atoms with van der Waals surface area (Å²) in [4.78, 5) is 21.2. The summed E-state index contributed by atoms with van der Waals surface area (Å²) in [5, 5.41) is 0. The fraction of sp³-hybridized carbons (Fsp3) is 0.390. The first-order valence-electron chi connectivity index (χ1n) is 17.4. The van der Waals surface area contributed by atoms with Gasteiger partial charge >= 0.3 is 0 Å². The van der Waals surface area contributed by atoms with E-state index in [4.69, 9.17) is 18.9 Å². The number of benzene rings is 4. The fourth-order valence-electron chi connectivity index (χ4n) is 7.43. The molecule has 1 unspecified atom stereocenters. The van der Waals surface area contributed by atoms with Gasteiger partial charge in [0.05, 0.1) is 27.9 Å². The molecule has 2 heterocycles. The molecule has 1 amide bonds. The second kappa shape index (κ2) is 18.5. The van der Waals surface area contributed by atoms with Gasteiger partial charge in [-0.1, -0.05) is 66.7 Å². The van der Waals surface area contributed by atoms with E-state index in [1.807, 2.05) is 78.7 Å². The Morgan fingerprint density at radius 3 is 1.88 bits per heavy atom. The number of unbranched alkanes of at least 4 members (excludes halogenated alkanes) is 1. The van der Waals surface area contributed by atoms with Gasteiger partial charge in [0.15, 0.2) is 11.5 Å². The first-order valence-corrected chi connectivity index (χ1v) is 17.4. The zero-order valence-corrected chi connectivity index (χ0v) is 31.8. The molecule has 0 aliphatic carbocycles. The molecule has 0 saturated carbocycles. The predicted molar refractivity (Wildman–Crippen MR) is 209 cm³/mol. The SMILES string of the molecule is COc1cc(CCN2CCN(CCCCOc3ccccc3C3(Cc4ccccc4)C(=O)N(C)c4ccccc43)CC2)cc(OC)c1OC.Cl.Cl. The number of amides is 1. The highest BCUT2D eigenvalue weighted by Gasteiger charge is 2.52. The van der Waals surface area contributed by atoms with Gasteiger partial charge < -0.3 is 33.6 Å². The Balaban J connectivity index is 0.00000292. The number of methoxy groups -OCH3 is 3. The Morgan fingerprint density at radius 2 is 1.24 bits per heavy atom. The van der Waals surface area contributed by atoms with E-state index in [9.17, 15) is 4.79 Å². The normalized spacial score (nSPS) is 17.3. The minimum atomic E-state index is -0.853. The number of likely N-dealkylation sites (N-methyl/N-ethyl adjacent to an activating group) is 1. The number of halogens is 2. The lowest BCUT2D eigenvalue weighted by Crippen LogP contribution is -2.47. The van der Waals surface area contributed by atoms with Crippen LogP contribution in [0.4, 0.5) is 5.69 Å². The van der Waals surface area contributed by atoms with Crippen LogP contribution in [-0.4, -0.2) is 90.0 Å². The number of ether oxygens (including phenoxy) is 4. The van der Waals surface area contributed by atoms with Crippen LogP contribution in [0, 0.1) is 0 Å². The van der Waals surface area contributed by atoms with Crippen molar-refractivity contribution in [2.24, 2.45) is 0 Å². The summed E-state index contributed by atoms with van der Waals surface area (Å²) in [5.74, 6) is 2.90. The van der Waals surface area contributed by atoms with Crippen LogP contribution in [0.5, 0.6) is 23.0 Å². The summed E-state index contributed by atoms with van der Waals surface area (Å²) >= 11 is 0. The van der Waals surface area contributed by atoms with Gasteiger partial charge in [0.25, 0.3) is 0 Å². The standard InChI is InChI=1S/C41H49N3O5.2ClH/c1-42-35-18-10-8-16-33(35)41(40(42)45,30-31-14-6-5-7-15-31)34-17-9-11-19-36(34)49-27-13-12-21-43-23-25-44(26-24-43)22-20-32-28-37(46-2)39(48-4)38(29-32)47-3;;/h5-11,14-19,28-29H,12-13,20-27,30H2,1-4H3;2*1H. The second-order valence-corrected chi connectivity index (χ2v) is 13.0. The fourth-order valence-corrected chi connectivity index (χ4v) is 7.43. The van der Waals surface area contributed by atoms with E-state index in [1.165, 1.54) is 5.56 Å². The lowest BCUT2D eigenvalue weighted by molar-refractivity contribution is -0.121. The van der Waals surface area contributed by atoms with Crippen molar-refractivity contribution in [3.63, 3.8) is 0 Å². The molecule has 1 atom stereocenters. The number of nitrogens with zero attached hydrogens (tertiary/aromatic N) is 3. The van der Waals surface area contributed by atoms with Gasteiger partial charge in [-0.15, -0.1) is 24.8 Å². The maximum absolute atomic E-state index is 14.3. The number of carbonyl (C=O) groups excluding carboxylic acids is 1. The van der Waals surface area contributed by atoms with E-state index < -0.39 is 5.41 Å². The summed E-state index contributed by atoms with van der Waals surface area (Å²) in [5.41, 5.74) is 4.37. The van der Waals surface area contributed by atoms with Gasteiger partial charge in [-0.2, -0.15) is 0 Å². The average Bonchev–Trinajstić information content (AvgIpc) is 3.36. The summed E-state index contributed by atoms with van der Waals surface area (Å²) in [6, 6.07) is 30.7. The first-order chi connectivity index (χ1) is 24.0. The largest absolute Gasteiger partial charge is 0.493 e. The van der Waals surface area contributed by atoms with E-state index in [1.54, 1.807) is 21.3 Å². The topological polar surface area (TPSA) is 63.7 Å². The number of piperazine rings is 1. The quantitative estimate of drug-likeness (QED) is 0.121. The Labute approximate surface area is 315 Å². The lowest BCUT2D eigenvalue weighted by Gasteiger charge is -2.34. The van der Waals surface area contributed by atoms with Gasteiger partial charge in [0.2, 0.25) is 11.7 Å². The molecule has 0 bridgehead atoms. The molecule has 0 aromatic heterocycles. The summed E-state index contributed by atoms with van der Waals surface area (Å²) < 4.78 is 23.1. The molecule has 4 aromatic rings. The number of rotatable bonds is 15. The minimum absolute atomic E-state index is 0. The van der Waals surface area contributed by atoms with Crippen LogP contribution in [0.1, 0.15) is 35.1 Å². The van der Waals surface area contributed by atoms with E-state index >= 15 is 0 Å². The maximum Gasteiger partial charge on any atom is 0.242 e. The Bertz CT molecular complexity index is 1690. The van der Waals surface area contributed by atoms with E-state index in [0.29, 0.717) is 30.3 Å². The van der Waals surface area contributed by atoms with Crippen molar-refractivity contribution in [3.8, 4) is 23.0 Å². The highest BCUT2D eigenvalue weighted by molar-refractivity contribution is 6.10. The van der Waals surface area contributed by atoms with Crippen LogP contribution in [0.15, 0.2) is 91.0 Å². The summed E-state index contributed by atoms with van der Waals surface area (Å²) in [6.45, 7) is 6.91. The zero-order valence-electron chi connectivity index (χ0n) is 30.1. The number of anilines is 1. The average molecular weight is 737 g/mol. The molecule has 6 rings (SSSR count). The smallest absolute Gasteiger partial charge is 0.242 e. The van der Waals surface area contributed by atoms with Crippen molar-refractivity contribution in [1.29, 1.82) is 0 Å². The van der Waals surface area contributed by atoms with E-state index in [-0.39, 0.29) is 30.7 Å². The molecule has 0 radical (unpaired) electrons.